The Morgan fingerprint density at radius 2 is 2.21 bits per heavy atom. The minimum atomic E-state index is -1.31. The Kier molecular flexibility index (Phi) is 5.29. The van der Waals surface area contributed by atoms with Crippen LogP contribution < -0.4 is 5.32 Å². The van der Waals surface area contributed by atoms with Crippen molar-refractivity contribution >= 4 is 17.6 Å². The van der Waals surface area contributed by atoms with E-state index in [1.807, 2.05) is 0 Å². The van der Waals surface area contributed by atoms with E-state index in [4.69, 9.17) is 11.6 Å². The Bertz CT molecular complexity index is 465. The highest BCUT2D eigenvalue weighted by Gasteiger charge is 2.33. The predicted octanol–water partition coefficient (Wildman–Crippen LogP) is 1.88. The Balaban J connectivity index is 2.69. The lowest BCUT2D eigenvalue weighted by Gasteiger charge is -2.30. The van der Waals surface area contributed by atoms with Crippen LogP contribution in [-0.2, 0) is 16.1 Å². The van der Waals surface area contributed by atoms with Crippen molar-refractivity contribution in [3.8, 4) is 0 Å². The summed E-state index contributed by atoms with van der Waals surface area (Å²) in [6, 6.07) is 4.42. The Morgan fingerprint density at radius 3 is 2.74 bits per heavy atom. The molecule has 0 heterocycles. The number of hydrogen-bond donors (Lipinski definition) is 2. The second kappa shape index (κ2) is 6.32. The highest BCUT2D eigenvalue weighted by atomic mass is 35.5. The van der Waals surface area contributed by atoms with E-state index in [-0.39, 0.29) is 11.6 Å². The van der Waals surface area contributed by atoms with Gasteiger partial charge in [-0.1, -0.05) is 17.7 Å². The molecule has 1 aromatic carbocycles. The highest BCUT2D eigenvalue weighted by Crippen LogP contribution is 2.17. The van der Waals surface area contributed by atoms with Gasteiger partial charge in [-0.05, 0) is 31.5 Å². The largest absolute Gasteiger partial charge is 0.467 e. The summed E-state index contributed by atoms with van der Waals surface area (Å²) in [5.41, 5.74) is -0.240. The summed E-state index contributed by atoms with van der Waals surface area (Å²) in [6.45, 7) is 3.59. The van der Waals surface area contributed by atoms with Crippen LogP contribution in [0.5, 0.6) is 0 Å². The van der Waals surface area contributed by atoms with E-state index in [1.54, 1.807) is 19.9 Å². The zero-order valence-corrected chi connectivity index (χ0v) is 11.8. The molecule has 0 aliphatic carbocycles. The zero-order chi connectivity index (χ0) is 14.6. The SMILES string of the molecule is COC(=O)[C@@H](O)C(C)(C)NCc1ccc(Cl)c(F)c1. The fraction of sp³-hybridized carbons (Fsp3) is 0.462. The molecule has 0 spiro atoms. The fourth-order valence-corrected chi connectivity index (χ4v) is 1.60. The lowest BCUT2D eigenvalue weighted by molar-refractivity contribution is -0.154. The molecule has 0 aliphatic heterocycles. The summed E-state index contributed by atoms with van der Waals surface area (Å²) in [6.07, 6.45) is -1.31. The third-order valence-electron chi connectivity index (χ3n) is 2.84. The van der Waals surface area contributed by atoms with Gasteiger partial charge in [0.2, 0.25) is 0 Å². The molecule has 0 saturated carbocycles. The molecule has 2 N–H and O–H groups in total. The molecule has 1 rings (SSSR count). The van der Waals surface area contributed by atoms with E-state index in [1.165, 1.54) is 19.2 Å². The maximum Gasteiger partial charge on any atom is 0.336 e. The van der Waals surface area contributed by atoms with Crippen molar-refractivity contribution in [2.45, 2.75) is 32.0 Å². The maximum atomic E-state index is 13.3. The van der Waals surface area contributed by atoms with Gasteiger partial charge in [-0.15, -0.1) is 0 Å². The van der Waals surface area contributed by atoms with Gasteiger partial charge < -0.3 is 15.2 Å². The summed E-state index contributed by atoms with van der Waals surface area (Å²) < 4.78 is 17.7. The van der Waals surface area contributed by atoms with E-state index < -0.39 is 23.4 Å². The first kappa shape index (κ1) is 15.9. The molecule has 0 aliphatic rings. The van der Waals surface area contributed by atoms with Gasteiger partial charge in [0.1, 0.15) is 5.82 Å². The molecule has 0 fully saturated rings. The van der Waals surface area contributed by atoms with Crippen molar-refractivity contribution in [2.75, 3.05) is 7.11 Å². The van der Waals surface area contributed by atoms with Gasteiger partial charge in [-0.2, -0.15) is 0 Å². The number of hydrogen-bond acceptors (Lipinski definition) is 4. The van der Waals surface area contributed by atoms with E-state index in [0.29, 0.717) is 5.56 Å². The van der Waals surface area contributed by atoms with Gasteiger partial charge in [0.15, 0.2) is 6.10 Å². The molecular formula is C13H17ClFNO3. The first-order valence-corrected chi connectivity index (χ1v) is 6.10. The summed E-state index contributed by atoms with van der Waals surface area (Å²) >= 11 is 5.58. The number of carbonyl (C=O) groups excluding carboxylic acids is 1. The molecule has 0 saturated heterocycles. The van der Waals surface area contributed by atoms with Crippen LogP contribution >= 0.6 is 11.6 Å². The smallest absolute Gasteiger partial charge is 0.336 e. The van der Waals surface area contributed by atoms with Gasteiger partial charge in [0.05, 0.1) is 12.1 Å². The first-order valence-electron chi connectivity index (χ1n) is 5.73. The molecular weight excluding hydrogens is 273 g/mol. The number of halogens is 2. The van der Waals surface area contributed by atoms with Gasteiger partial charge in [-0.3, -0.25) is 0 Å². The standard InChI is InChI=1S/C13H17ClFNO3/c1-13(2,11(17)12(18)19-3)16-7-8-4-5-9(14)10(15)6-8/h4-6,11,16-17H,7H2,1-3H3/t11-/m1/s1. The average molecular weight is 290 g/mol. The fourth-order valence-electron chi connectivity index (χ4n) is 1.48. The Labute approximate surface area is 116 Å². The van der Waals surface area contributed by atoms with Crippen LogP contribution in [0, 0.1) is 5.82 Å². The third kappa shape index (κ3) is 4.16. The first-order chi connectivity index (χ1) is 8.77. The van der Waals surface area contributed by atoms with Crippen LogP contribution in [0.25, 0.3) is 0 Å². The van der Waals surface area contributed by atoms with Crippen molar-refractivity contribution in [1.29, 1.82) is 0 Å². The van der Waals surface area contributed by atoms with Crippen LogP contribution in [0.3, 0.4) is 0 Å². The van der Waals surface area contributed by atoms with Crippen LogP contribution in [0.1, 0.15) is 19.4 Å². The molecule has 0 bridgehead atoms. The van der Waals surface area contributed by atoms with Crippen molar-refractivity contribution in [3.05, 3.63) is 34.6 Å². The minimum absolute atomic E-state index is 0.0533. The van der Waals surface area contributed by atoms with Crippen molar-refractivity contribution in [1.82, 2.24) is 5.32 Å². The topological polar surface area (TPSA) is 58.6 Å². The highest BCUT2D eigenvalue weighted by molar-refractivity contribution is 6.30. The molecule has 1 atom stereocenters. The Hall–Kier alpha value is -1.17. The number of methoxy groups -OCH3 is 1. The number of benzene rings is 1. The number of aliphatic hydroxyl groups excluding tert-OH is 1. The molecule has 106 valence electrons. The third-order valence-corrected chi connectivity index (χ3v) is 3.15. The lowest BCUT2D eigenvalue weighted by atomic mass is 9.97. The van der Waals surface area contributed by atoms with Crippen LogP contribution in [0.2, 0.25) is 5.02 Å². The predicted molar refractivity (Wildman–Crippen MR) is 70.4 cm³/mol. The zero-order valence-electron chi connectivity index (χ0n) is 11.0. The second-order valence-electron chi connectivity index (χ2n) is 4.75. The minimum Gasteiger partial charge on any atom is -0.467 e. The molecule has 4 nitrogen and oxygen atoms in total. The molecule has 6 heteroatoms. The lowest BCUT2D eigenvalue weighted by Crippen LogP contribution is -2.53. The quantitative estimate of drug-likeness (QED) is 0.813. The normalized spacial score (nSPS) is 13.2. The average Bonchev–Trinajstić information content (AvgIpc) is 2.38. The molecule has 19 heavy (non-hydrogen) atoms. The number of nitrogens with one attached hydrogen (secondary N) is 1. The van der Waals surface area contributed by atoms with Crippen molar-refractivity contribution < 1.29 is 19.0 Å². The summed E-state index contributed by atoms with van der Waals surface area (Å²) in [7, 11) is 1.20. The van der Waals surface area contributed by atoms with E-state index in [9.17, 15) is 14.3 Å². The summed E-state index contributed by atoms with van der Waals surface area (Å²) in [4.78, 5) is 11.3. The second-order valence-corrected chi connectivity index (χ2v) is 5.16. The maximum absolute atomic E-state index is 13.3. The number of ether oxygens (including phenoxy) is 1. The summed E-state index contributed by atoms with van der Waals surface area (Å²) in [5.74, 6) is -1.23. The van der Waals surface area contributed by atoms with Crippen LogP contribution in [0.15, 0.2) is 18.2 Å². The Morgan fingerprint density at radius 1 is 1.58 bits per heavy atom. The van der Waals surface area contributed by atoms with Gasteiger partial charge in [0.25, 0.3) is 0 Å². The van der Waals surface area contributed by atoms with E-state index in [0.717, 1.165) is 0 Å². The molecule has 0 aromatic heterocycles. The molecule has 0 amide bonds. The van der Waals surface area contributed by atoms with E-state index in [2.05, 4.69) is 10.1 Å². The van der Waals surface area contributed by atoms with Crippen molar-refractivity contribution in [2.24, 2.45) is 0 Å². The number of rotatable bonds is 5. The molecule has 0 radical (unpaired) electrons. The molecule has 1 aromatic rings. The molecule has 0 unspecified atom stereocenters. The van der Waals surface area contributed by atoms with Gasteiger partial charge in [-0.25, -0.2) is 9.18 Å². The monoisotopic (exact) mass is 289 g/mol. The van der Waals surface area contributed by atoms with Crippen LogP contribution in [0.4, 0.5) is 4.39 Å². The van der Waals surface area contributed by atoms with Crippen molar-refractivity contribution in [3.63, 3.8) is 0 Å². The van der Waals surface area contributed by atoms with Crippen LogP contribution in [-0.4, -0.2) is 29.8 Å². The van der Waals surface area contributed by atoms with Gasteiger partial charge >= 0.3 is 5.97 Å². The summed E-state index contributed by atoms with van der Waals surface area (Å²) in [5, 5.41) is 12.8. The van der Waals surface area contributed by atoms with E-state index >= 15 is 0 Å². The number of aliphatic hydroxyl groups is 1. The number of carbonyl (C=O) groups is 1. The number of esters is 1. The van der Waals surface area contributed by atoms with Gasteiger partial charge in [0, 0.05) is 12.1 Å².